The third-order valence-corrected chi connectivity index (χ3v) is 7.80. The lowest BCUT2D eigenvalue weighted by molar-refractivity contribution is -0.150. The van der Waals surface area contributed by atoms with E-state index in [0.29, 0.717) is 36.6 Å². The number of carbonyl (C=O) groups excluding carboxylic acids is 2. The molecular weight excluding hydrogens is 394 g/mol. The number of rotatable bonds is 6. The molecule has 0 aliphatic carbocycles. The molecule has 9 heteroatoms. The summed E-state index contributed by atoms with van der Waals surface area (Å²) in [6.07, 6.45) is 6.37. The summed E-state index contributed by atoms with van der Waals surface area (Å²) in [5.74, 6) is -0.752. The Morgan fingerprint density at radius 1 is 1.24 bits per heavy atom. The molecule has 164 valence electrons. The van der Waals surface area contributed by atoms with Crippen molar-refractivity contribution in [2.24, 2.45) is 0 Å². The fourth-order valence-electron chi connectivity index (χ4n) is 4.72. The van der Waals surface area contributed by atoms with Gasteiger partial charge in [0, 0.05) is 50.6 Å². The van der Waals surface area contributed by atoms with Gasteiger partial charge in [-0.1, -0.05) is 6.42 Å². The Labute approximate surface area is 173 Å². The quantitative estimate of drug-likeness (QED) is 0.503. The van der Waals surface area contributed by atoms with Crippen LogP contribution in [0.4, 0.5) is 0 Å². The van der Waals surface area contributed by atoms with Crippen LogP contribution < -0.4 is 5.32 Å². The minimum atomic E-state index is -3.30. The van der Waals surface area contributed by atoms with Gasteiger partial charge in [-0.15, -0.1) is 0 Å². The number of hydrogen-bond acceptors (Lipinski definition) is 6. The van der Waals surface area contributed by atoms with E-state index in [0.717, 1.165) is 19.5 Å². The lowest BCUT2D eigenvalue weighted by atomic mass is 9.83. The molecule has 0 saturated carbocycles. The van der Waals surface area contributed by atoms with Crippen molar-refractivity contribution in [3.8, 4) is 0 Å². The van der Waals surface area contributed by atoms with Gasteiger partial charge in [0.25, 0.3) is 5.91 Å². The van der Waals surface area contributed by atoms with Crippen LogP contribution in [-0.4, -0.2) is 80.1 Å². The summed E-state index contributed by atoms with van der Waals surface area (Å²) in [5, 5.41) is 2.96. The van der Waals surface area contributed by atoms with Gasteiger partial charge < -0.3 is 15.0 Å². The van der Waals surface area contributed by atoms with Crippen LogP contribution in [0.1, 0.15) is 52.4 Å². The highest BCUT2D eigenvalue weighted by atomic mass is 32.2. The van der Waals surface area contributed by atoms with Gasteiger partial charge in [-0.3, -0.25) is 4.79 Å². The number of ether oxygens (including phenoxy) is 1. The molecule has 1 atom stereocenters. The second-order valence-corrected chi connectivity index (χ2v) is 10.5. The number of esters is 1. The summed E-state index contributed by atoms with van der Waals surface area (Å²) in [6, 6.07) is 0.591. The minimum absolute atomic E-state index is 0.239. The van der Waals surface area contributed by atoms with Crippen molar-refractivity contribution < 1.29 is 22.7 Å². The van der Waals surface area contributed by atoms with Crippen molar-refractivity contribution in [2.45, 2.75) is 64.0 Å². The van der Waals surface area contributed by atoms with Crippen LogP contribution in [-0.2, 0) is 24.3 Å². The SMILES string of the molecule is CC1=C(C(=O)NCCCN2CCCC[C@H]2C)C2(CCN(S(C)(=O)=O)CC2)OC1=O. The Morgan fingerprint density at radius 2 is 1.93 bits per heavy atom. The van der Waals surface area contributed by atoms with Gasteiger partial charge in [0.15, 0.2) is 0 Å². The van der Waals surface area contributed by atoms with Crippen molar-refractivity contribution in [3.05, 3.63) is 11.1 Å². The first-order valence-corrected chi connectivity index (χ1v) is 12.4. The first kappa shape index (κ1) is 22.2. The van der Waals surface area contributed by atoms with E-state index >= 15 is 0 Å². The fraction of sp³-hybridized carbons (Fsp3) is 0.800. The predicted molar refractivity (Wildman–Crippen MR) is 110 cm³/mol. The molecule has 1 spiro atoms. The first-order chi connectivity index (χ1) is 13.6. The molecule has 1 amide bonds. The Balaban J connectivity index is 1.58. The molecule has 29 heavy (non-hydrogen) atoms. The summed E-state index contributed by atoms with van der Waals surface area (Å²) in [5.41, 5.74) is -0.296. The van der Waals surface area contributed by atoms with Crippen LogP contribution in [0, 0.1) is 0 Å². The normalized spacial score (nSPS) is 26.0. The van der Waals surface area contributed by atoms with Gasteiger partial charge in [0.2, 0.25) is 10.0 Å². The molecule has 0 bridgehead atoms. The van der Waals surface area contributed by atoms with Crippen molar-refractivity contribution in [2.75, 3.05) is 39.0 Å². The van der Waals surface area contributed by atoms with Crippen LogP contribution in [0.2, 0.25) is 0 Å². The molecule has 3 heterocycles. The fourth-order valence-corrected chi connectivity index (χ4v) is 5.57. The first-order valence-electron chi connectivity index (χ1n) is 10.6. The van der Waals surface area contributed by atoms with E-state index in [1.807, 2.05) is 0 Å². The van der Waals surface area contributed by atoms with E-state index in [1.165, 1.54) is 29.8 Å². The van der Waals surface area contributed by atoms with Gasteiger partial charge in [-0.05, 0) is 39.7 Å². The Hall–Kier alpha value is -1.45. The third kappa shape index (κ3) is 4.83. The summed E-state index contributed by atoms with van der Waals surface area (Å²) >= 11 is 0. The van der Waals surface area contributed by atoms with Crippen LogP contribution in [0.25, 0.3) is 0 Å². The zero-order chi connectivity index (χ0) is 21.2. The van der Waals surface area contributed by atoms with Crippen molar-refractivity contribution in [3.63, 3.8) is 0 Å². The van der Waals surface area contributed by atoms with Crippen LogP contribution >= 0.6 is 0 Å². The molecule has 0 unspecified atom stereocenters. The largest absolute Gasteiger partial charge is 0.450 e. The smallest absolute Gasteiger partial charge is 0.335 e. The van der Waals surface area contributed by atoms with E-state index in [9.17, 15) is 18.0 Å². The number of carbonyl (C=O) groups is 2. The van der Waals surface area contributed by atoms with E-state index in [-0.39, 0.29) is 19.0 Å². The lowest BCUT2D eigenvalue weighted by Gasteiger charge is -2.38. The van der Waals surface area contributed by atoms with Gasteiger partial charge in [0.05, 0.1) is 11.8 Å². The molecule has 0 aromatic heterocycles. The Kier molecular flexibility index (Phi) is 6.70. The molecular formula is C20H33N3O5S. The Morgan fingerprint density at radius 3 is 2.55 bits per heavy atom. The van der Waals surface area contributed by atoms with E-state index in [1.54, 1.807) is 6.92 Å². The number of hydrogen-bond donors (Lipinski definition) is 1. The standard InChI is InChI=1S/C20H33N3O5S/c1-15-7-4-5-11-22(15)12-6-10-21-18(24)17-16(2)19(25)28-20(17)8-13-23(14-9-20)29(3,26)27/h15H,4-14H2,1-3H3,(H,21,24)/t15-/m1/s1. The van der Waals surface area contributed by atoms with E-state index < -0.39 is 21.6 Å². The van der Waals surface area contributed by atoms with E-state index in [4.69, 9.17) is 4.74 Å². The summed E-state index contributed by atoms with van der Waals surface area (Å²) in [7, 11) is -3.30. The summed E-state index contributed by atoms with van der Waals surface area (Å²) < 4.78 is 30.5. The maximum absolute atomic E-state index is 12.9. The summed E-state index contributed by atoms with van der Waals surface area (Å²) in [6.45, 7) is 6.94. The highest BCUT2D eigenvalue weighted by Gasteiger charge is 2.51. The molecule has 3 aliphatic rings. The molecule has 3 aliphatic heterocycles. The maximum atomic E-state index is 12.9. The highest BCUT2D eigenvalue weighted by molar-refractivity contribution is 7.88. The van der Waals surface area contributed by atoms with Gasteiger partial charge in [0.1, 0.15) is 5.60 Å². The number of piperidine rings is 2. The maximum Gasteiger partial charge on any atom is 0.335 e. The minimum Gasteiger partial charge on any atom is -0.450 e. The monoisotopic (exact) mass is 427 g/mol. The van der Waals surface area contributed by atoms with Crippen LogP contribution in [0.15, 0.2) is 11.1 Å². The third-order valence-electron chi connectivity index (χ3n) is 6.50. The highest BCUT2D eigenvalue weighted by Crippen LogP contribution is 2.41. The van der Waals surface area contributed by atoms with Crippen LogP contribution in [0.5, 0.6) is 0 Å². The van der Waals surface area contributed by atoms with Gasteiger partial charge in [-0.25, -0.2) is 17.5 Å². The lowest BCUT2D eigenvalue weighted by Crippen LogP contribution is -2.50. The zero-order valence-corrected chi connectivity index (χ0v) is 18.5. The molecule has 8 nitrogen and oxygen atoms in total. The molecule has 0 radical (unpaired) electrons. The van der Waals surface area contributed by atoms with Crippen molar-refractivity contribution in [1.29, 1.82) is 0 Å². The summed E-state index contributed by atoms with van der Waals surface area (Å²) in [4.78, 5) is 27.6. The molecule has 3 rings (SSSR count). The number of sulfonamides is 1. The molecule has 0 aromatic carbocycles. The zero-order valence-electron chi connectivity index (χ0n) is 17.7. The second kappa shape index (κ2) is 8.73. The van der Waals surface area contributed by atoms with Crippen molar-refractivity contribution >= 4 is 21.9 Å². The average Bonchev–Trinajstić information content (AvgIpc) is 2.89. The molecule has 1 N–H and O–H groups in total. The number of nitrogens with one attached hydrogen (secondary N) is 1. The molecule has 2 fully saturated rings. The number of nitrogens with zero attached hydrogens (tertiary/aromatic N) is 2. The van der Waals surface area contributed by atoms with Crippen LogP contribution in [0.3, 0.4) is 0 Å². The average molecular weight is 428 g/mol. The number of likely N-dealkylation sites (tertiary alicyclic amines) is 1. The second-order valence-electron chi connectivity index (χ2n) is 8.54. The number of amides is 1. The predicted octanol–water partition coefficient (Wildman–Crippen LogP) is 1.03. The van der Waals surface area contributed by atoms with Crippen molar-refractivity contribution in [1.82, 2.24) is 14.5 Å². The molecule has 0 aromatic rings. The topological polar surface area (TPSA) is 96.0 Å². The van der Waals surface area contributed by atoms with E-state index in [2.05, 4.69) is 17.1 Å². The molecule has 2 saturated heterocycles. The van der Waals surface area contributed by atoms with Gasteiger partial charge >= 0.3 is 5.97 Å². The Bertz CT molecular complexity index is 784. The van der Waals surface area contributed by atoms with Gasteiger partial charge in [-0.2, -0.15) is 0 Å².